The Kier molecular flexibility index (Phi) is 5.53. The van der Waals surface area contributed by atoms with E-state index in [1.165, 1.54) is 0 Å². The first-order valence-corrected chi connectivity index (χ1v) is 5.43. The van der Waals surface area contributed by atoms with Gasteiger partial charge >= 0.3 is 0 Å². The van der Waals surface area contributed by atoms with Crippen LogP contribution in [0, 0.1) is 0 Å². The van der Waals surface area contributed by atoms with Crippen molar-refractivity contribution < 1.29 is 9.53 Å². The Morgan fingerprint density at radius 1 is 1.44 bits per heavy atom. The number of amides is 1. The zero-order valence-electron chi connectivity index (χ0n) is 9.53. The molecule has 0 aliphatic carbocycles. The number of nitrogens with one attached hydrogen (secondary N) is 1. The summed E-state index contributed by atoms with van der Waals surface area (Å²) in [5, 5.41) is 2.78. The first-order chi connectivity index (χ1) is 7.77. The van der Waals surface area contributed by atoms with Crippen LogP contribution in [-0.2, 0) is 16.1 Å². The average Bonchev–Trinajstić information content (AvgIpc) is 2.30. The normalized spacial score (nSPS) is 10.1. The minimum Gasteiger partial charge on any atom is -0.372 e. The second kappa shape index (κ2) is 6.98. The molecule has 0 aliphatic rings. The van der Waals surface area contributed by atoms with Gasteiger partial charge in [0.05, 0.1) is 0 Å². The van der Waals surface area contributed by atoms with Gasteiger partial charge in [0, 0.05) is 18.8 Å². The Balaban J connectivity index is 2.49. The van der Waals surface area contributed by atoms with Gasteiger partial charge in [-0.1, -0.05) is 25.1 Å². The Hall–Kier alpha value is -1.39. The Morgan fingerprint density at radius 2 is 2.19 bits per heavy atom. The van der Waals surface area contributed by atoms with Crippen LogP contribution < -0.4 is 11.1 Å². The van der Waals surface area contributed by atoms with Crippen LogP contribution in [0.1, 0.15) is 18.9 Å². The third-order valence-corrected chi connectivity index (χ3v) is 2.09. The SMILES string of the molecule is CCCOCC(=O)Nc1ccccc1CN. The van der Waals surface area contributed by atoms with Gasteiger partial charge in [0.15, 0.2) is 0 Å². The van der Waals surface area contributed by atoms with Crippen LogP contribution in [0.2, 0.25) is 0 Å². The van der Waals surface area contributed by atoms with Gasteiger partial charge in [-0.2, -0.15) is 0 Å². The van der Waals surface area contributed by atoms with Crippen LogP contribution in [-0.4, -0.2) is 19.1 Å². The van der Waals surface area contributed by atoms with Gasteiger partial charge in [-0.25, -0.2) is 0 Å². The summed E-state index contributed by atoms with van der Waals surface area (Å²) in [5.41, 5.74) is 7.25. The molecule has 0 fully saturated rings. The molecular formula is C12H18N2O2. The molecule has 0 bridgehead atoms. The molecule has 4 nitrogen and oxygen atoms in total. The number of para-hydroxylation sites is 1. The van der Waals surface area contributed by atoms with Crippen molar-refractivity contribution >= 4 is 11.6 Å². The van der Waals surface area contributed by atoms with E-state index in [-0.39, 0.29) is 12.5 Å². The standard InChI is InChI=1S/C12H18N2O2/c1-2-7-16-9-12(15)14-11-6-4-3-5-10(11)8-13/h3-6H,2,7-9,13H2,1H3,(H,14,15). The van der Waals surface area contributed by atoms with Crippen molar-refractivity contribution in [1.29, 1.82) is 0 Å². The molecule has 1 rings (SSSR count). The number of rotatable bonds is 6. The summed E-state index contributed by atoms with van der Waals surface area (Å²) in [5.74, 6) is -0.144. The first kappa shape index (κ1) is 12.7. The molecule has 0 saturated heterocycles. The minimum atomic E-state index is -0.144. The number of carbonyl (C=O) groups excluding carboxylic acids is 1. The first-order valence-electron chi connectivity index (χ1n) is 5.43. The van der Waals surface area contributed by atoms with E-state index in [4.69, 9.17) is 10.5 Å². The third-order valence-electron chi connectivity index (χ3n) is 2.09. The van der Waals surface area contributed by atoms with Gasteiger partial charge in [-0.05, 0) is 18.1 Å². The molecule has 3 N–H and O–H groups in total. The van der Waals surface area contributed by atoms with Gasteiger partial charge in [0.25, 0.3) is 0 Å². The maximum Gasteiger partial charge on any atom is 0.250 e. The van der Waals surface area contributed by atoms with Crippen LogP contribution in [0.5, 0.6) is 0 Å². The predicted octanol–water partition coefficient (Wildman–Crippen LogP) is 1.51. The molecule has 1 aromatic rings. The molecule has 16 heavy (non-hydrogen) atoms. The molecule has 0 spiro atoms. The summed E-state index contributed by atoms with van der Waals surface area (Å²) in [6, 6.07) is 7.48. The van der Waals surface area contributed by atoms with Crippen molar-refractivity contribution in [2.45, 2.75) is 19.9 Å². The highest BCUT2D eigenvalue weighted by molar-refractivity contribution is 5.92. The maximum atomic E-state index is 11.5. The number of nitrogens with two attached hydrogens (primary N) is 1. The fourth-order valence-corrected chi connectivity index (χ4v) is 1.32. The lowest BCUT2D eigenvalue weighted by molar-refractivity contribution is -0.120. The van der Waals surface area contributed by atoms with Gasteiger partial charge in [-0.3, -0.25) is 4.79 Å². The summed E-state index contributed by atoms with van der Waals surface area (Å²) in [6.07, 6.45) is 0.909. The van der Waals surface area contributed by atoms with Crippen LogP contribution in [0.3, 0.4) is 0 Å². The molecule has 0 aromatic heterocycles. The quantitative estimate of drug-likeness (QED) is 0.717. The monoisotopic (exact) mass is 222 g/mol. The Morgan fingerprint density at radius 3 is 2.88 bits per heavy atom. The van der Waals surface area contributed by atoms with Crippen LogP contribution in [0.25, 0.3) is 0 Å². The minimum absolute atomic E-state index is 0.0900. The molecule has 0 heterocycles. The van der Waals surface area contributed by atoms with E-state index in [9.17, 15) is 4.79 Å². The van der Waals surface area contributed by atoms with Crippen LogP contribution in [0.15, 0.2) is 24.3 Å². The molecule has 4 heteroatoms. The molecule has 0 saturated carbocycles. The van der Waals surface area contributed by atoms with E-state index in [1.54, 1.807) is 0 Å². The van der Waals surface area contributed by atoms with Crippen molar-refractivity contribution in [3.05, 3.63) is 29.8 Å². The average molecular weight is 222 g/mol. The largest absolute Gasteiger partial charge is 0.372 e. The number of anilines is 1. The van der Waals surface area contributed by atoms with Crippen molar-refractivity contribution in [1.82, 2.24) is 0 Å². The summed E-state index contributed by atoms with van der Waals surface area (Å²) >= 11 is 0. The number of carbonyl (C=O) groups is 1. The fraction of sp³-hybridized carbons (Fsp3) is 0.417. The van der Waals surface area contributed by atoms with Gasteiger partial charge in [0.2, 0.25) is 5.91 Å². The zero-order chi connectivity index (χ0) is 11.8. The number of hydrogen-bond donors (Lipinski definition) is 2. The maximum absolute atomic E-state index is 11.5. The number of hydrogen-bond acceptors (Lipinski definition) is 3. The lowest BCUT2D eigenvalue weighted by atomic mass is 10.2. The summed E-state index contributed by atoms with van der Waals surface area (Å²) in [4.78, 5) is 11.5. The number of benzene rings is 1. The lowest BCUT2D eigenvalue weighted by Gasteiger charge is -2.09. The van der Waals surface area contributed by atoms with Gasteiger partial charge in [0.1, 0.15) is 6.61 Å². The Bertz CT molecular complexity index is 340. The highest BCUT2D eigenvalue weighted by Crippen LogP contribution is 2.13. The zero-order valence-corrected chi connectivity index (χ0v) is 9.53. The summed E-state index contributed by atoms with van der Waals surface area (Å²) in [6.45, 7) is 3.10. The van der Waals surface area contributed by atoms with Crippen molar-refractivity contribution in [2.75, 3.05) is 18.5 Å². The van der Waals surface area contributed by atoms with E-state index in [1.807, 2.05) is 31.2 Å². The van der Waals surface area contributed by atoms with E-state index in [0.717, 1.165) is 17.7 Å². The summed E-state index contributed by atoms with van der Waals surface area (Å²) in [7, 11) is 0. The van der Waals surface area contributed by atoms with Crippen LogP contribution >= 0.6 is 0 Å². The number of ether oxygens (including phenoxy) is 1. The highest BCUT2D eigenvalue weighted by Gasteiger charge is 2.04. The molecule has 0 atom stereocenters. The second-order valence-electron chi connectivity index (χ2n) is 3.46. The van der Waals surface area contributed by atoms with Crippen molar-refractivity contribution in [3.8, 4) is 0 Å². The highest BCUT2D eigenvalue weighted by atomic mass is 16.5. The Labute approximate surface area is 95.8 Å². The molecule has 0 radical (unpaired) electrons. The molecule has 1 aromatic carbocycles. The third kappa shape index (κ3) is 4.00. The van der Waals surface area contributed by atoms with Crippen molar-refractivity contribution in [3.63, 3.8) is 0 Å². The van der Waals surface area contributed by atoms with E-state index in [0.29, 0.717) is 13.2 Å². The predicted molar refractivity (Wildman–Crippen MR) is 64.1 cm³/mol. The fourth-order valence-electron chi connectivity index (χ4n) is 1.32. The molecule has 0 unspecified atom stereocenters. The lowest BCUT2D eigenvalue weighted by Crippen LogP contribution is -2.19. The van der Waals surface area contributed by atoms with Crippen LogP contribution in [0.4, 0.5) is 5.69 Å². The molecule has 0 aliphatic heterocycles. The molecular weight excluding hydrogens is 204 g/mol. The molecule has 88 valence electrons. The molecule has 1 amide bonds. The summed E-state index contributed by atoms with van der Waals surface area (Å²) < 4.78 is 5.15. The topological polar surface area (TPSA) is 64.3 Å². The van der Waals surface area contributed by atoms with Crippen molar-refractivity contribution in [2.24, 2.45) is 5.73 Å². The van der Waals surface area contributed by atoms with Gasteiger partial charge in [-0.15, -0.1) is 0 Å². The van der Waals surface area contributed by atoms with E-state index >= 15 is 0 Å². The second-order valence-corrected chi connectivity index (χ2v) is 3.46. The smallest absolute Gasteiger partial charge is 0.250 e. The van der Waals surface area contributed by atoms with E-state index in [2.05, 4.69) is 5.32 Å². The van der Waals surface area contributed by atoms with E-state index < -0.39 is 0 Å². The van der Waals surface area contributed by atoms with Gasteiger partial charge < -0.3 is 15.8 Å².